The number of hydrogen-bond donors (Lipinski definition) is 0. The average molecular weight is 666 g/mol. The van der Waals surface area contributed by atoms with Crippen molar-refractivity contribution in [1.29, 1.82) is 0 Å². The Kier molecular flexibility index (Phi) is 36.1. The number of allylic oxidation sites excluding steroid dienone is 8. The number of nitrogens with zero attached hydrogens (tertiary/aromatic N) is 1. The summed E-state index contributed by atoms with van der Waals surface area (Å²) in [4.78, 5) is 2.01. The highest BCUT2D eigenvalue weighted by atomic mass is 31.2. The molecule has 0 amide bonds. The highest BCUT2D eigenvalue weighted by Gasteiger charge is 2.26. The monoisotopic (exact) mass is 666 g/mol. The zero-order chi connectivity index (χ0) is 33.7. The summed E-state index contributed by atoms with van der Waals surface area (Å²) < 4.78 is 30.3. The lowest BCUT2D eigenvalue weighted by atomic mass is 10.1. The molecule has 0 bridgehead atoms. The van der Waals surface area contributed by atoms with Crippen molar-refractivity contribution in [2.75, 3.05) is 40.5 Å². The first-order valence-corrected chi connectivity index (χ1v) is 20.8. The zero-order valence-electron chi connectivity index (χ0n) is 30.9. The van der Waals surface area contributed by atoms with Crippen molar-refractivity contribution >= 4 is 7.82 Å². The van der Waals surface area contributed by atoms with Gasteiger partial charge in [0.05, 0.1) is 19.8 Å². The Morgan fingerprint density at radius 1 is 0.435 bits per heavy atom. The molecule has 0 heterocycles. The van der Waals surface area contributed by atoms with Crippen molar-refractivity contribution < 1.29 is 18.1 Å². The Balaban J connectivity index is 3.89. The summed E-state index contributed by atoms with van der Waals surface area (Å²) in [6, 6.07) is 0. The normalized spacial score (nSPS) is 12.8. The van der Waals surface area contributed by atoms with E-state index in [1.165, 1.54) is 116 Å². The highest BCUT2D eigenvalue weighted by Crippen LogP contribution is 2.49. The van der Waals surface area contributed by atoms with Crippen molar-refractivity contribution in [1.82, 2.24) is 4.90 Å². The molecule has 0 radical (unpaired) electrons. The van der Waals surface area contributed by atoms with Crippen LogP contribution in [0.5, 0.6) is 0 Å². The molecule has 0 aromatic carbocycles. The predicted octanol–water partition coefficient (Wildman–Crippen LogP) is 13.3. The van der Waals surface area contributed by atoms with Gasteiger partial charge >= 0.3 is 7.82 Å². The summed E-state index contributed by atoms with van der Waals surface area (Å²) in [7, 11) is 0.446. The number of rotatable bonds is 36. The topological polar surface area (TPSA) is 48.0 Å². The van der Waals surface area contributed by atoms with Gasteiger partial charge in [-0.25, -0.2) is 4.57 Å². The first-order valence-electron chi connectivity index (χ1n) is 19.3. The van der Waals surface area contributed by atoms with Crippen LogP contribution in [0.4, 0.5) is 0 Å². The third-order valence-electron chi connectivity index (χ3n) is 7.98. The van der Waals surface area contributed by atoms with Gasteiger partial charge in [-0.2, -0.15) is 0 Å². The SMILES string of the molecule is CCCCC/C=C\C/C=C\CCCCCCCCOP(=O)(OCCCCCCCC/C=C\C/C=C\CCCCC)OCCN(C)C. The molecule has 0 aliphatic heterocycles. The number of likely N-dealkylation sites (N-methyl/N-ethyl adjacent to an activating group) is 1. The standard InChI is InChI=1S/C40H76NO4P/c1-5-7-9-11-13-15-17-19-21-23-25-27-29-31-33-35-38-43-46(42,45-40-37-41(3)4)44-39-36-34-32-30-28-26-24-22-20-18-16-14-12-10-8-6-2/h13-16,19-22H,5-12,17-18,23-40H2,1-4H3/b15-13-,16-14-,21-19-,22-20-. The third kappa shape index (κ3) is 35.9. The second-order valence-corrected chi connectivity index (χ2v) is 14.6. The van der Waals surface area contributed by atoms with Gasteiger partial charge < -0.3 is 4.90 Å². The maximum atomic E-state index is 13.2. The fourth-order valence-electron chi connectivity index (χ4n) is 4.98. The second kappa shape index (κ2) is 36.9. The van der Waals surface area contributed by atoms with Gasteiger partial charge in [0.1, 0.15) is 0 Å². The number of hydrogen-bond acceptors (Lipinski definition) is 5. The lowest BCUT2D eigenvalue weighted by Gasteiger charge is -2.19. The van der Waals surface area contributed by atoms with E-state index in [-0.39, 0.29) is 0 Å². The average Bonchev–Trinajstić information content (AvgIpc) is 3.04. The van der Waals surface area contributed by atoms with Crippen LogP contribution in [0.15, 0.2) is 48.6 Å². The Labute approximate surface area is 287 Å². The molecule has 0 unspecified atom stereocenters. The number of phosphoric ester groups is 1. The van der Waals surface area contributed by atoms with Gasteiger partial charge in [-0.15, -0.1) is 0 Å². The molecule has 46 heavy (non-hydrogen) atoms. The second-order valence-electron chi connectivity index (χ2n) is 12.9. The smallest absolute Gasteiger partial charge is 0.307 e. The van der Waals surface area contributed by atoms with Gasteiger partial charge in [0.2, 0.25) is 0 Å². The van der Waals surface area contributed by atoms with Crippen LogP contribution in [-0.2, 0) is 18.1 Å². The molecule has 6 heteroatoms. The predicted molar refractivity (Wildman–Crippen MR) is 203 cm³/mol. The molecule has 0 spiro atoms. The molecule has 0 aromatic rings. The highest BCUT2D eigenvalue weighted by molar-refractivity contribution is 7.48. The van der Waals surface area contributed by atoms with Gasteiger partial charge in [0, 0.05) is 6.54 Å². The van der Waals surface area contributed by atoms with Crippen LogP contribution in [0, 0.1) is 0 Å². The van der Waals surface area contributed by atoms with Crippen molar-refractivity contribution in [2.45, 2.75) is 168 Å². The lowest BCUT2D eigenvalue weighted by Crippen LogP contribution is -2.18. The minimum absolute atomic E-state index is 0.345. The largest absolute Gasteiger partial charge is 0.474 e. The summed E-state index contributed by atoms with van der Waals surface area (Å²) in [5.74, 6) is 0. The zero-order valence-corrected chi connectivity index (χ0v) is 31.8. The van der Waals surface area contributed by atoms with Crippen LogP contribution in [0.1, 0.15) is 168 Å². The van der Waals surface area contributed by atoms with E-state index in [2.05, 4.69) is 62.5 Å². The van der Waals surface area contributed by atoms with Crippen molar-refractivity contribution in [3.63, 3.8) is 0 Å². The molecule has 0 aliphatic carbocycles. The third-order valence-corrected chi connectivity index (χ3v) is 9.47. The van der Waals surface area contributed by atoms with E-state index in [4.69, 9.17) is 13.6 Å². The number of unbranched alkanes of at least 4 members (excludes halogenated alkanes) is 18. The minimum atomic E-state index is -3.51. The molecule has 0 saturated heterocycles. The van der Waals surface area contributed by atoms with Gasteiger partial charge in [0.15, 0.2) is 0 Å². The summed E-state index contributed by atoms with van der Waals surface area (Å²) in [5, 5.41) is 0. The fraction of sp³-hybridized carbons (Fsp3) is 0.800. The van der Waals surface area contributed by atoms with Gasteiger partial charge in [-0.3, -0.25) is 13.6 Å². The van der Waals surface area contributed by atoms with E-state index in [1.807, 2.05) is 19.0 Å². The Bertz CT molecular complexity index is 723. The maximum Gasteiger partial charge on any atom is 0.474 e. The molecule has 270 valence electrons. The molecule has 0 aliphatic rings. The van der Waals surface area contributed by atoms with E-state index < -0.39 is 7.82 Å². The molecule has 0 aromatic heterocycles. The van der Waals surface area contributed by atoms with E-state index in [0.29, 0.717) is 26.4 Å². The Morgan fingerprint density at radius 3 is 1.13 bits per heavy atom. The van der Waals surface area contributed by atoms with Crippen LogP contribution in [0.25, 0.3) is 0 Å². The van der Waals surface area contributed by atoms with Gasteiger partial charge in [0.25, 0.3) is 0 Å². The van der Waals surface area contributed by atoms with E-state index in [0.717, 1.165) is 38.5 Å². The van der Waals surface area contributed by atoms with Crippen LogP contribution in [-0.4, -0.2) is 45.4 Å². The Morgan fingerprint density at radius 2 is 0.761 bits per heavy atom. The van der Waals surface area contributed by atoms with Gasteiger partial charge in [-0.05, 0) is 91.1 Å². The molecule has 5 nitrogen and oxygen atoms in total. The van der Waals surface area contributed by atoms with Crippen molar-refractivity contribution in [2.24, 2.45) is 0 Å². The van der Waals surface area contributed by atoms with Crippen LogP contribution in [0.2, 0.25) is 0 Å². The lowest BCUT2D eigenvalue weighted by molar-refractivity contribution is 0.104. The van der Waals surface area contributed by atoms with E-state index in [1.54, 1.807) is 0 Å². The molecule has 0 fully saturated rings. The quantitative estimate of drug-likeness (QED) is 0.0379. The van der Waals surface area contributed by atoms with Gasteiger partial charge in [-0.1, -0.05) is 140 Å². The van der Waals surface area contributed by atoms with Crippen LogP contribution in [0.3, 0.4) is 0 Å². The Hall–Kier alpha value is -0.970. The number of phosphoric acid groups is 1. The van der Waals surface area contributed by atoms with E-state index >= 15 is 0 Å². The molecule has 0 saturated carbocycles. The summed E-state index contributed by atoms with van der Waals surface area (Å²) in [5.41, 5.74) is 0. The van der Waals surface area contributed by atoms with E-state index in [9.17, 15) is 4.57 Å². The fourth-order valence-corrected chi connectivity index (χ4v) is 6.21. The molecular weight excluding hydrogens is 589 g/mol. The summed E-state index contributed by atoms with van der Waals surface area (Å²) in [6.07, 6.45) is 47.2. The molecule has 0 N–H and O–H groups in total. The first-order chi connectivity index (χ1) is 22.5. The molecule has 0 rings (SSSR count). The van der Waals surface area contributed by atoms with Crippen LogP contribution < -0.4 is 0 Å². The first kappa shape index (κ1) is 45.0. The minimum Gasteiger partial charge on any atom is -0.307 e. The maximum absolute atomic E-state index is 13.2. The van der Waals surface area contributed by atoms with Crippen LogP contribution >= 0.6 is 7.82 Å². The van der Waals surface area contributed by atoms with Crippen molar-refractivity contribution in [3.8, 4) is 0 Å². The molecular formula is C40H76NO4P. The van der Waals surface area contributed by atoms with Crippen molar-refractivity contribution in [3.05, 3.63) is 48.6 Å². The molecule has 0 atom stereocenters. The summed E-state index contributed by atoms with van der Waals surface area (Å²) >= 11 is 0. The summed E-state index contributed by atoms with van der Waals surface area (Å²) in [6.45, 7) is 6.39.